The number of halogens is 7. The second-order valence-corrected chi connectivity index (χ2v) is 19.1. The molecule has 2 bridgehead atoms. The fraction of sp³-hybridized carbons (Fsp3) is 0.419. The fourth-order valence-electron chi connectivity index (χ4n) is 10.5. The molecule has 4 saturated heterocycles. The maximum Gasteiger partial charge on any atom is 0.319 e. The maximum absolute atomic E-state index is 17.4. The standard InChI is InChI=1S/C43H41F7N6O2S/c1-2-30-32(44)15-13-25-7-3-10-31(36(25)30)39-38(45)40-37-34(52-39)11-5-12-35-33-16-14-26(51-33)22-55(35)41(37)54-42(53-40)58-24-43-18-6-20-56(43)27(17-19-43)23-57-28-8-4-9-29(21-28)59(46,47,48,49)50/h1,3-4,7-10,13,15,21,26-27,33,35,51H,5-6,11-12,14,16-20,22-24H2/t26-,27-,33+,35+,43-/m0/s1. The van der Waals surface area contributed by atoms with Gasteiger partial charge >= 0.3 is 16.2 Å². The molecule has 2 aromatic heterocycles. The number of nitrogens with one attached hydrogen (secondary N) is 1. The Morgan fingerprint density at radius 3 is 2.58 bits per heavy atom. The molecular weight excluding hydrogens is 798 g/mol. The van der Waals surface area contributed by atoms with Gasteiger partial charge in [-0.3, -0.25) is 4.90 Å². The molecule has 16 heteroatoms. The topological polar surface area (TPSA) is 75.6 Å². The van der Waals surface area contributed by atoms with Gasteiger partial charge in [0, 0.05) is 47.7 Å². The minimum atomic E-state index is -9.88. The molecule has 0 unspecified atom stereocenters. The molecule has 8 nitrogen and oxygen atoms in total. The average Bonchev–Trinajstić information content (AvgIpc) is 3.90. The van der Waals surface area contributed by atoms with Crippen molar-refractivity contribution >= 4 is 37.7 Å². The number of pyridine rings is 1. The van der Waals surface area contributed by atoms with E-state index in [9.17, 15) is 19.4 Å². The normalized spacial score (nSPS) is 26.4. The molecule has 1 N–H and O–H groups in total. The van der Waals surface area contributed by atoms with Crippen molar-refractivity contribution in [3.8, 4) is 35.4 Å². The van der Waals surface area contributed by atoms with Gasteiger partial charge in [-0.1, -0.05) is 55.7 Å². The van der Waals surface area contributed by atoms with Crippen LogP contribution in [-0.4, -0.2) is 75.9 Å². The van der Waals surface area contributed by atoms with Crippen molar-refractivity contribution in [1.82, 2.24) is 25.2 Å². The lowest BCUT2D eigenvalue weighted by atomic mass is 9.93. The van der Waals surface area contributed by atoms with E-state index in [1.54, 1.807) is 24.3 Å². The highest BCUT2D eigenvalue weighted by molar-refractivity contribution is 8.45. The highest BCUT2D eigenvalue weighted by Gasteiger charge is 2.65. The van der Waals surface area contributed by atoms with Crippen LogP contribution in [0.4, 0.5) is 34.0 Å². The molecule has 5 aliphatic heterocycles. The predicted molar refractivity (Wildman–Crippen MR) is 213 cm³/mol. The van der Waals surface area contributed by atoms with E-state index in [1.165, 1.54) is 12.1 Å². The summed E-state index contributed by atoms with van der Waals surface area (Å²) in [7, 11) is -9.88. The number of hydrogen-bond acceptors (Lipinski definition) is 8. The Balaban J connectivity index is 1.01. The number of aromatic nitrogens is 3. The molecule has 5 atom stereocenters. The Kier molecular flexibility index (Phi) is 8.50. The zero-order valence-corrected chi connectivity index (χ0v) is 32.7. The SMILES string of the molecule is C#Cc1c(F)ccc2cccc(-c3nc4c5c(nc(OC[C@@]67CCCN6[C@H](COc6cccc(S(F)(F)(F)(F)F)c6)CC7)nc5c3F)N3C[C@@H]5CC[C@@H](N5)[C@H]3CCC4)c12. The van der Waals surface area contributed by atoms with Crippen molar-refractivity contribution in [3.05, 3.63) is 77.5 Å². The molecule has 59 heavy (non-hydrogen) atoms. The van der Waals surface area contributed by atoms with Crippen LogP contribution >= 0.6 is 10.2 Å². The van der Waals surface area contributed by atoms with Crippen molar-refractivity contribution in [1.29, 1.82) is 0 Å². The van der Waals surface area contributed by atoms with Gasteiger partial charge in [0.15, 0.2) is 5.82 Å². The first-order valence-electron chi connectivity index (χ1n) is 20.1. The van der Waals surface area contributed by atoms with E-state index in [0.717, 1.165) is 44.6 Å². The highest BCUT2D eigenvalue weighted by Crippen LogP contribution is 3.02. The highest BCUT2D eigenvalue weighted by atomic mass is 32.5. The zero-order valence-electron chi connectivity index (χ0n) is 31.9. The van der Waals surface area contributed by atoms with Crippen LogP contribution in [-0.2, 0) is 6.42 Å². The summed E-state index contributed by atoms with van der Waals surface area (Å²) in [5.41, 5.74) is 0.605. The first-order chi connectivity index (χ1) is 28.1. The minimum absolute atomic E-state index is 0.00159. The van der Waals surface area contributed by atoms with Crippen molar-refractivity contribution in [2.75, 3.05) is 31.2 Å². The van der Waals surface area contributed by atoms with Gasteiger partial charge in [0.2, 0.25) is 0 Å². The second-order valence-electron chi connectivity index (χ2n) is 16.7. The number of benzene rings is 3. The number of piperazine rings is 1. The van der Waals surface area contributed by atoms with E-state index in [-0.39, 0.29) is 65.9 Å². The molecule has 4 fully saturated rings. The number of anilines is 1. The van der Waals surface area contributed by atoms with Crippen LogP contribution in [0.5, 0.6) is 11.8 Å². The number of aryl methyl sites for hydroxylation is 1. The van der Waals surface area contributed by atoms with Crippen LogP contribution < -0.4 is 19.7 Å². The molecule has 0 spiro atoms. The van der Waals surface area contributed by atoms with Gasteiger partial charge in [0.25, 0.3) is 0 Å². The molecule has 5 aliphatic rings. The molecule has 0 amide bonds. The summed E-state index contributed by atoms with van der Waals surface area (Å²) in [6.45, 7) is 1.51. The van der Waals surface area contributed by atoms with Crippen molar-refractivity contribution in [2.24, 2.45) is 0 Å². The third-order valence-electron chi connectivity index (χ3n) is 13.2. The van der Waals surface area contributed by atoms with E-state index in [1.807, 2.05) is 0 Å². The maximum atomic E-state index is 17.4. The van der Waals surface area contributed by atoms with Gasteiger partial charge in [0.05, 0.1) is 22.2 Å². The van der Waals surface area contributed by atoms with Crippen LogP contribution in [0.15, 0.2) is 59.5 Å². The number of terminal acetylenes is 1. The van der Waals surface area contributed by atoms with Gasteiger partial charge in [-0.05, 0) is 87.9 Å². The zero-order chi connectivity index (χ0) is 41.0. The summed E-state index contributed by atoms with van der Waals surface area (Å²) in [6, 6.07) is 11.4. The van der Waals surface area contributed by atoms with E-state index >= 15 is 8.78 Å². The number of nitrogens with zero attached hydrogens (tertiary/aromatic N) is 5. The van der Waals surface area contributed by atoms with Crippen molar-refractivity contribution in [3.63, 3.8) is 0 Å². The third-order valence-corrected chi connectivity index (χ3v) is 14.3. The van der Waals surface area contributed by atoms with Gasteiger partial charge < -0.3 is 19.7 Å². The number of ether oxygens (including phenoxy) is 2. The first kappa shape index (κ1) is 38.4. The van der Waals surface area contributed by atoms with Crippen LogP contribution in [0, 0.1) is 24.0 Å². The summed E-state index contributed by atoms with van der Waals surface area (Å²) < 4.78 is 112. The smallest absolute Gasteiger partial charge is 0.319 e. The summed E-state index contributed by atoms with van der Waals surface area (Å²) in [5.74, 6) is 1.46. The predicted octanol–water partition coefficient (Wildman–Crippen LogP) is 9.86. The molecule has 310 valence electrons. The van der Waals surface area contributed by atoms with E-state index in [4.69, 9.17) is 30.8 Å². The molecule has 0 radical (unpaired) electrons. The number of rotatable bonds is 8. The summed E-state index contributed by atoms with van der Waals surface area (Å²) in [6.07, 6.45) is 13.0. The van der Waals surface area contributed by atoms with Gasteiger partial charge in [-0.15, -0.1) is 6.42 Å². The Morgan fingerprint density at radius 1 is 0.898 bits per heavy atom. The average molecular weight is 839 g/mol. The second kappa shape index (κ2) is 13.1. The van der Waals surface area contributed by atoms with Crippen molar-refractivity contribution in [2.45, 2.75) is 92.4 Å². The summed E-state index contributed by atoms with van der Waals surface area (Å²) >= 11 is 0. The molecule has 0 aliphatic carbocycles. The summed E-state index contributed by atoms with van der Waals surface area (Å²) in [5, 5.41) is 5.31. The molecule has 7 heterocycles. The first-order valence-corrected chi connectivity index (χ1v) is 22.0. The lowest BCUT2D eigenvalue weighted by molar-refractivity contribution is 0.0686. The van der Waals surface area contributed by atoms with Gasteiger partial charge in [-0.2, -0.15) is 9.97 Å². The lowest BCUT2D eigenvalue weighted by Gasteiger charge is -2.43. The number of fused-ring (bicyclic) bond motifs is 7. The molecule has 10 rings (SSSR count). The lowest BCUT2D eigenvalue weighted by Crippen LogP contribution is -2.58. The van der Waals surface area contributed by atoms with Gasteiger partial charge in [0.1, 0.15) is 46.7 Å². The van der Waals surface area contributed by atoms with Gasteiger partial charge in [-0.25, -0.2) is 13.8 Å². The van der Waals surface area contributed by atoms with Crippen molar-refractivity contribution < 1.29 is 37.7 Å². The van der Waals surface area contributed by atoms with Crippen LogP contribution in [0.1, 0.15) is 62.6 Å². The molecule has 0 saturated carbocycles. The minimum Gasteiger partial charge on any atom is -0.492 e. The van der Waals surface area contributed by atoms with E-state index < -0.39 is 32.3 Å². The number of hydrogen-bond donors (Lipinski definition) is 1. The van der Waals surface area contributed by atoms with E-state index in [0.29, 0.717) is 77.7 Å². The monoisotopic (exact) mass is 838 g/mol. The van der Waals surface area contributed by atoms with Crippen LogP contribution in [0.3, 0.4) is 0 Å². The van der Waals surface area contributed by atoms with Crippen LogP contribution in [0.25, 0.3) is 32.9 Å². The quantitative estimate of drug-likeness (QED) is 0.122. The molecule has 3 aromatic carbocycles. The molecule has 5 aromatic rings. The molecular formula is C43H41F7N6O2S. The Labute approximate surface area is 336 Å². The fourth-order valence-corrected chi connectivity index (χ4v) is 11.2. The largest absolute Gasteiger partial charge is 0.492 e. The Bertz CT molecular complexity index is 2590. The summed E-state index contributed by atoms with van der Waals surface area (Å²) in [4.78, 5) is 17.3. The Morgan fingerprint density at radius 2 is 1.75 bits per heavy atom. The third kappa shape index (κ3) is 6.60. The Hall–Kier alpha value is -4.85. The van der Waals surface area contributed by atoms with E-state index in [2.05, 4.69) is 21.0 Å². The van der Waals surface area contributed by atoms with Crippen LogP contribution in [0.2, 0.25) is 0 Å².